The predicted octanol–water partition coefficient (Wildman–Crippen LogP) is 1.38. The molecule has 0 aliphatic carbocycles. The van der Waals surface area contributed by atoms with Crippen LogP contribution in [0.2, 0.25) is 0 Å². The van der Waals surface area contributed by atoms with Gasteiger partial charge in [-0.25, -0.2) is 4.79 Å². The summed E-state index contributed by atoms with van der Waals surface area (Å²) >= 11 is 0. The quantitative estimate of drug-likeness (QED) is 0.837. The van der Waals surface area contributed by atoms with Crippen molar-refractivity contribution < 1.29 is 14.3 Å². The van der Waals surface area contributed by atoms with Gasteiger partial charge in [-0.1, -0.05) is 6.42 Å². The first-order chi connectivity index (χ1) is 9.33. The zero-order valence-electron chi connectivity index (χ0n) is 11.5. The number of hydrogen-bond donors (Lipinski definition) is 1. The van der Waals surface area contributed by atoms with Crippen LogP contribution in [0.1, 0.15) is 32.1 Å². The first-order valence-corrected chi connectivity index (χ1v) is 7.59. The summed E-state index contributed by atoms with van der Waals surface area (Å²) in [5.41, 5.74) is 0. The van der Waals surface area contributed by atoms with Crippen molar-refractivity contribution in [2.45, 2.75) is 44.2 Å². The molecule has 3 aliphatic rings. The normalized spacial score (nSPS) is 35.6. The maximum atomic E-state index is 10.9. The molecule has 3 fully saturated rings. The number of piperidine rings is 2. The molecule has 19 heavy (non-hydrogen) atoms. The lowest BCUT2D eigenvalue weighted by Gasteiger charge is -2.44. The highest BCUT2D eigenvalue weighted by Gasteiger charge is 2.33. The Bertz CT molecular complexity index is 322. The SMILES string of the molecule is O=C1NCC(COCC2CCCN3CCCCC23)O1. The number of nitrogens with one attached hydrogen (secondary N) is 1. The van der Waals surface area contributed by atoms with Crippen LogP contribution in [-0.2, 0) is 9.47 Å². The number of ether oxygens (including phenoxy) is 2. The number of fused-ring (bicyclic) bond motifs is 1. The number of nitrogens with zero attached hydrogens (tertiary/aromatic N) is 1. The van der Waals surface area contributed by atoms with Gasteiger partial charge in [-0.15, -0.1) is 0 Å². The molecule has 0 saturated carbocycles. The first-order valence-electron chi connectivity index (χ1n) is 7.59. The van der Waals surface area contributed by atoms with E-state index in [1.54, 1.807) is 0 Å². The van der Waals surface area contributed by atoms with Crippen molar-refractivity contribution in [2.24, 2.45) is 5.92 Å². The summed E-state index contributed by atoms with van der Waals surface area (Å²) in [5.74, 6) is 0.666. The highest BCUT2D eigenvalue weighted by atomic mass is 16.6. The molecule has 3 aliphatic heterocycles. The van der Waals surface area contributed by atoms with E-state index in [2.05, 4.69) is 10.2 Å². The molecule has 0 aromatic carbocycles. The molecule has 108 valence electrons. The standard InChI is InChI=1S/C14H24N2O3/c17-14-15-8-12(19-14)10-18-9-11-4-3-7-16-6-2-1-5-13(11)16/h11-13H,1-10H2,(H,15,17). The summed E-state index contributed by atoms with van der Waals surface area (Å²) in [7, 11) is 0. The van der Waals surface area contributed by atoms with Crippen LogP contribution < -0.4 is 5.32 Å². The molecule has 1 amide bonds. The van der Waals surface area contributed by atoms with Crippen LogP contribution in [0.15, 0.2) is 0 Å². The molecule has 3 unspecified atom stereocenters. The molecule has 5 nitrogen and oxygen atoms in total. The summed E-state index contributed by atoms with van der Waals surface area (Å²) in [6.45, 7) is 4.47. The van der Waals surface area contributed by atoms with Gasteiger partial charge in [0.05, 0.1) is 19.8 Å². The summed E-state index contributed by atoms with van der Waals surface area (Å²) in [6, 6.07) is 0.728. The van der Waals surface area contributed by atoms with Crippen molar-refractivity contribution >= 4 is 6.09 Å². The summed E-state index contributed by atoms with van der Waals surface area (Å²) in [4.78, 5) is 13.6. The van der Waals surface area contributed by atoms with E-state index >= 15 is 0 Å². The van der Waals surface area contributed by atoms with Crippen LogP contribution in [0.25, 0.3) is 0 Å². The Hall–Kier alpha value is -0.810. The second-order valence-corrected chi connectivity index (χ2v) is 5.95. The fourth-order valence-corrected chi connectivity index (χ4v) is 3.65. The average molecular weight is 268 g/mol. The molecule has 0 spiro atoms. The van der Waals surface area contributed by atoms with Crippen LogP contribution in [0.5, 0.6) is 0 Å². The van der Waals surface area contributed by atoms with Gasteiger partial charge >= 0.3 is 6.09 Å². The zero-order chi connectivity index (χ0) is 13.1. The van der Waals surface area contributed by atoms with Gasteiger partial charge in [-0.05, 0) is 44.7 Å². The molecule has 3 heterocycles. The molecule has 0 radical (unpaired) electrons. The number of rotatable bonds is 4. The van der Waals surface area contributed by atoms with Crippen molar-refractivity contribution in [1.29, 1.82) is 0 Å². The second-order valence-electron chi connectivity index (χ2n) is 5.95. The van der Waals surface area contributed by atoms with Gasteiger partial charge in [-0.2, -0.15) is 0 Å². The van der Waals surface area contributed by atoms with Gasteiger partial charge in [0.15, 0.2) is 0 Å². The molecule has 1 N–H and O–H groups in total. The van der Waals surface area contributed by atoms with Gasteiger partial charge in [0.25, 0.3) is 0 Å². The van der Waals surface area contributed by atoms with E-state index in [0.29, 0.717) is 19.1 Å². The Balaban J connectivity index is 1.42. The molecule has 3 atom stereocenters. The smallest absolute Gasteiger partial charge is 0.407 e. The minimum absolute atomic E-state index is 0.0986. The Morgan fingerprint density at radius 3 is 2.95 bits per heavy atom. The van der Waals surface area contributed by atoms with E-state index in [4.69, 9.17) is 9.47 Å². The van der Waals surface area contributed by atoms with Gasteiger partial charge in [0.2, 0.25) is 0 Å². The van der Waals surface area contributed by atoms with Crippen molar-refractivity contribution in [2.75, 3.05) is 32.8 Å². The highest BCUT2D eigenvalue weighted by Crippen LogP contribution is 2.30. The van der Waals surface area contributed by atoms with E-state index in [-0.39, 0.29) is 12.2 Å². The van der Waals surface area contributed by atoms with Crippen molar-refractivity contribution in [3.05, 3.63) is 0 Å². The fourth-order valence-electron chi connectivity index (χ4n) is 3.65. The highest BCUT2D eigenvalue weighted by molar-refractivity contribution is 5.69. The van der Waals surface area contributed by atoms with Gasteiger partial charge in [0.1, 0.15) is 6.10 Å². The van der Waals surface area contributed by atoms with Gasteiger partial charge in [0, 0.05) is 6.04 Å². The van der Waals surface area contributed by atoms with E-state index in [0.717, 1.165) is 12.6 Å². The molecule has 0 aromatic rings. The van der Waals surface area contributed by atoms with Crippen molar-refractivity contribution in [3.8, 4) is 0 Å². The van der Waals surface area contributed by atoms with E-state index in [1.165, 1.54) is 45.2 Å². The molecule has 5 heteroatoms. The summed E-state index contributed by atoms with van der Waals surface area (Å²) in [5, 5.41) is 2.65. The first kappa shape index (κ1) is 13.2. The fraction of sp³-hybridized carbons (Fsp3) is 0.929. The molecule has 3 rings (SSSR count). The van der Waals surface area contributed by atoms with Crippen LogP contribution in [0.4, 0.5) is 4.79 Å². The maximum absolute atomic E-state index is 10.9. The third-order valence-corrected chi connectivity index (χ3v) is 4.61. The van der Waals surface area contributed by atoms with Crippen LogP contribution in [0, 0.1) is 5.92 Å². The third kappa shape index (κ3) is 3.20. The minimum atomic E-state index is -0.315. The van der Waals surface area contributed by atoms with Crippen LogP contribution in [0.3, 0.4) is 0 Å². The van der Waals surface area contributed by atoms with E-state index in [9.17, 15) is 4.79 Å². The number of alkyl carbamates (subject to hydrolysis) is 1. The zero-order valence-corrected chi connectivity index (χ0v) is 11.5. The Morgan fingerprint density at radius 1 is 1.21 bits per heavy atom. The van der Waals surface area contributed by atoms with Crippen LogP contribution >= 0.6 is 0 Å². The molecule has 0 aromatic heterocycles. The van der Waals surface area contributed by atoms with E-state index in [1.807, 2.05) is 0 Å². The van der Waals surface area contributed by atoms with Crippen LogP contribution in [-0.4, -0.2) is 56.0 Å². The number of amides is 1. The lowest BCUT2D eigenvalue weighted by atomic mass is 9.84. The predicted molar refractivity (Wildman–Crippen MR) is 71.0 cm³/mol. The Kier molecular flexibility index (Phi) is 4.23. The van der Waals surface area contributed by atoms with Gasteiger partial charge < -0.3 is 19.7 Å². The second kappa shape index (κ2) is 6.09. The molecular formula is C14H24N2O3. The number of hydrogen-bond acceptors (Lipinski definition) is 4. The van der Waals surface area contributed by atoms with Gasteiger partial charge in [-0.3, -0.25) is 0 Å². The van der Waals surface area contributed by atoms with Crippen molar-refractivity contribution in [1.82, 2.24) is 10.2 Å². The monoisotopic (exact) mass is 268 g/mol. The maximum Gasteiger partial charge on any atom is 0.407 e. The lowest BCUT2D eigenvalue weighted by Crippen LogP contribution is -2.49. The lowest BCUT2D eigenvalue weighted by molar-refractivity contribution is -0.0167. The summed E-state index contributed by atoms with van der Waals surface area (Å²) < 4.78 is 10.9. The Morgan fingerprint density at radius 2 is 2.11 bits per heavy atom. The topological polar surface area (TPSA) is 50.8 Å². The third-order valence-electron chi connectivity index (χ3n) is 4.61. The number of carbonyl (C=O) groups excluding carboxylic acids is 1. The molecule has 3 saturated heterocycles. The summed E-state index contributed by atoms with van der Waals surface area (Å²) in [6.07, 6.45) is 6.21. The largest absolute Gasteiger partial charge is 0.442 e. The van der Waals surface area contributed by atoms with E-state index < -0.39 is 0 Å². The Labute approximate surface area is 114 Å². The number of carbonyl (C=O) groups is 1. The number of cyclic esters (lactones) is 1. The average Bonchev–Trinajstić information content (AvgIpc) is 2.85. The molecular weight excluding hydrogens is 244 g/mol. The van der Waals surface area contributed by atoms with Crippen molar-refractivity contribution in [3.63, 3.8) is 0 Å². The minimum Gasteiger partial charge on any atom is -0.442 e. The molecule has 0 bridgehead atoms.